The number of nitrogens with one attached hydrogen (secondary N) is 1. The van der Waals surface area contributed by atoms with Gasteiger partial charge in [-0.05, 0) is 32.4 Å². The van der Waals surface area contributed by atoms with Crippen LogP contribution < -0.4 is 11.1 Å². The first-order valence-electron chi connectivity index (χ1n) is 5.07. The Kier molecular flexibility index (Phi) is 3.49. The molecular formula is C11H17N3O2. The van der Waals surface area contributed by atoms with Gasteiger partial charge in [0.1, 0.15) is 0 Å². The summed E-state index contributed by atoms with van der Waals surface area (Å²) in [5.74, 6) is 0. The van der Waals surface area contributed by atoms with Gasteiger partial charge in [0.15, 0.2) is 0 Å². The summed E-state index contributed by atoms with van der Waals surface area (Å²) in [7, 11) is 0. The van der Waals surface area contributed by atoms with Crippen LogP contribution in [-0.4, -0.2) is 17.0 Å². The highest BCUT2D eigenvalue weighted by molar-refractivity contribution is 5.53. The van der Waals surface area contributed by atoms with Gasteiger partial charge in [0, 0.05) is 29.9 Å². The molecule has 0 aliphatic rings. The second kappa shape index (κ2) is 4.49. The molecule has 0 unspecified atom stereocenters. The normalized spacial score (nSPS) is 11.2. The lowest BCUT2D eigenvalue weighted by atomic mass is 10.1. The molecule has 0 saturated heterocycles. The molecule has 0 bridgehead atoms. The Labute approximate surface area is 94.8 Å². The lowest BCUT2D eigenvalue weighted by Gasteiger charge is -2.19. The number of aryl methyl sites for hydroxylation is 1. The number of rotatable bonds is 4. The number of non-ortho nitro benzene ring substituents is 1. The Morgan fingerprint density at radius 2 is 2.06 bits per heavy atom. The van der Waals surface area contributed by atoms with Crippen molar-refractivity contribution in [3.05, 3.63) is 33.9 Å². The van der Waals surface area contributed by atoms with Crippen LogP contribution in [0, 0.1) is 17.0 Å². The van der Waals surface area contributed by atoms with E-state index in [4.69, 9.17) is 5.73 Å². The van der Waals surface area contributed by atoms with Crippen molar-refractivity contribution in [1.29, 1.82) is 0 Å². The Hall–Kier alpha value is -1.62. The lowest BCUT2D eigenvalue weighted by Crippen LogP contribution is -2.39. The molecule has 0 heterocycles. The fourth-order valence-electron chi connectivity index (χ4n) is 1.30. The van der Waals surface area contributed by atoms with E-state index >= 15 is 0 Å². The molecule has 5 nitrogen and oxygen atoms in total. The molecule has 0 aliphatic heterocycles. The van der Waals surface area contributed by atoms with Gasteiger partial charge in [0.2, 0.25) is 0 Å². The summed E-state index contributed by atoms with van der Waals surface area (Å²) in [5, 5.41) is 13.8. The van der Waals surface area contributed by atoms with Crippen LogP contribution in [0.1, 0.15) is 19.4 Å². The Morgan fingerprint density at radius 1 is 1.44 bits per heavy atom. The van der Waals surface area contributed by atoms with E-state index < -0.39 is 4.92 Å². The van der Waals surface area contributed by atoms with Gasteiger partial charge >= 0.3 is 0 Å². The molecule has 1 aromatic rings. The molecular weight excluding hydrogens is 206 g/mol. The summed E-state index contributed by atoms with van der Waals surface area (Å²) in [5.41, 5.74) is 7.15. The summed E-state index contributed by atoms with van der Waals surface area (Å²) in [6.07, 6.45) is 0. The van der Waals surface area contributed by atoms with Gasteiger partial charge in [-0.3, -0.25) is 10.1 Å². The number of anilines is 1. The number of nitro groups is 1. The van der Waals surface area contributed by atoms with Crippen molar-refractivity contribution in [2.24, 2.45) is 5.73 Å². The van der Waals surface area contributed by atoms with E-state index in [1.54, 1.807) is 6.07 Å². The molecule has 0 saturated carbocycles. The van der Waals surface area contributed by atoms with E-state index in [2.05, 4.69) is 5.32 Å². The van der Waals surface area contributed by atoms with E-state index in [1.165, 1.54) is 6.07 Å². The SMILES string of the molecule is Cc1cc(NCC(C)(C)N)cc([N+](=O)[O-])c1. The molecule has 0 atom stereocenters. The third-order valence-electron chi connectivity index (χ3n) is 2.02. The van der Waals surface area contributed by atoms with Crippen molar-refractivity contribution < 1.29 is 4.92 Å². The average molecular weight is 223 g/mol. The molecule has 0 fully saturated rings. The molecule has 0 amide bonds. The zero-order valence-corrected chi connectivity index (χ0v) is 9.78. The van der Waals surface area contributed by atoms with Crippen molar-refractivity contribution in [2.75, 3.05) is 11.9 Å². The molecule has 0 radical (unpaired) electrons. The molecule has 88 valence electrons. The van der Waals surface area contributed by atoms with Gasteiger partial charge in [-0.2, -0.15) is 0 Å². The third kappa shape index (κ3) is 3.86. The molecule has 3 N–H and O–H groups in total. The summed E-state index contributed by atoms with van der Waals surface area (Å²) < 4.78 is 0. The highest BCUT2D eigenvalue weighted by Crippen LogP contribution is 2.20. The fourth-order valence-corrected chi connectivity index (χ4v) is 1.30. The number of nitrogens with zero attached hydrogens (tertiary/aromatic N) is 1. The number of nitrogens with two attached hydrogens (primary N) is 1. The van der Waals surface area contributed by atoms with Gasteiger partial charge < -0.3 is 11.1 Å². The van der Waals surface area contributed by atoms with Crippen molar-refractivity contribution in [3.8, 4) is 0 Å². The van der Waals surface area contributed by atoms with Crippen LogP contribution in [0.3, 0.4) is 0 Å². The summed E-state index contributed by atoms with van der Waals surface area (Å²) in [6.45, 7) is 6.17. The standard InChI is InChI=1S/C11H17N3O2/c1-8-4-9(13-7-11(2,3)12)6-10(5-8)14(15)16/h4-6,13H,7,12H2,1-3H3. The van der Waals surface area contributed by atoms with E-state index in [-0.39, 0.29) is 11.2 Å². The average Bonchev–Trinajstić information content (AvgIpc) is 2.13. The minimum atomic E-state index is -0.397. The summed E-state index contributed by atoms with van der Waals surface area (Å²) in [6, 6.07) is 4.91. The Morgan fingerprint density at radius 3 is 2.56 bits per heavy atom. The van der Waals surface area contributed by atoms with Crippen molar-refractivity contribution >= 4 is 11.4 Å². The maximum Gasteiger partial charge on any atom is 0.271 e. The van der Waals surface area contributed by atoms with Crippen LogP contribution in [-0.2, 0) is 0 Å². The van der Waals surface area contributed by atoms with E-state index in [1.807, 2.05) is 26.8 Å². The van der Waals surface area contributed by atoms with Crippen LogP contribution in [0.5, 0.6) is 0 Å². The van der Waals surface area contributed by atoms with Gasteiger partial charge in [-0.1, -0.05) is 0 Å². The fraction of sp³-hybridized carbons (Fsp3) is 0.455. The molecule has 1 rings (SSSR count). The zero-order chi connectivity index (χ0) is 12.3. The highest BCUT2D eigenvalue weighted by Gasteiger charge is 2.12. The van der Waals surface area contributed by atoms with Crippen molar-refractivity contribution in [1.82, 2.24) is 0 Å². The minimum absolute atomic E-state index is 0.0947. The van der Waals surface area contributed by atoms with Crippen LogP contribution in [0.4, 0.5) is 11.4 Å². The van der Waals surface area contributed by atoms with Crippen molar-refractivity contribution in [2.45, 2.75) is 26.3 Å². The van der Waals surface area contributed by atoms with E-state index in [0.717, 1.165) is 11.3 Å². The largest absolute Gasteiger partial charge is 0.383 e. The predicted molar refractivity (Wildman–Crippen MR) is 64.6 cm³/mol. The van der Waals surface area contributed by atoms with Gasteiger partial charge in [0.05, 0.1) is 4.92 Å². The number of benzene rings is 1. The number of hydrogen-bond acceptors (Lipinski definition) is 4. The lowest BCUT2D eigenvalue weighted by molar-refractivity contribution is -0.384. The Balaban J connectivity index is 2.85. The predicted octanol–water partition coefficient (Wildman–Crippen LogP) is 2.05. The van der Waals surface area contributed by atoms with E-state index in [9.17, 15) is 10.1 Å². The first-order chi connectivity index (χ1) is 7.28. The first-order valence-corrected chi connectivity index (χ1v) is 5.07. The summed E-state index contributed by atoms with van der Waals surface area (Å²) >= 11 is 0. The minimum Gasteiger partial charge on any atom is -0.383 e. The second-order valence-electron chi connectivity index (χ2n) is 4.66. The molecule has 5 heteroatoms. The Bertz CT molecular complexity index is 397. The summed E-state index contributed by atoms with van der Waals surface area (Å²) in [4.78, 5) is 10.3. The first kappa shape index (κ1) is 12.4. The van der Waals surface area contributed by atoms with Crippen LogP contribution >= 0.6 is 0 Å². The van der Waals surface area contributed by atoms with Crippen molar-refractivity contribution in [3.63, 3.8) is 0 Å². The molecule has 16 heavy (non-hydrogen) atoms. The molecule has 0 spiro atoms. The topological polar surface area (TPSA) is 81.2 Å². The van der Waals surface area contributed by atoms with Crippen LogP contribution in [0.2, 0.25) is 0 Å². The van der Waals surface area contributed by atoms with Gasteiger partial charge in [0.25, 0.3) is 5.69 Å². The monoisotopic (exact) mass is 223 g/mol. The van der Waals surface area contributed by atoms with Gasteiger partial charge in [-0.15, -0.1) is 0 Å². The van der Waals surface area contributed by atoms with Crippen LogP contribution in [0.15, 0.2) is 18.2 Å². The third-order valence-corrected chi connectivity index (χ3v) is 2.02. The smallest absolute Gasteiger partial charge is 0.271 e. The maximum atomic E-state index is 10.7. The van der Waals surface area contributed by atoms with Crippen LogP contribution in [0.25, 0.3) is 0 Å². The van der Waals surface area contributed by atoms with Gasteiger partial charge in [-0.25, -0.2) is 0 Å². The highest BCUT2D eigenvalue weighted by atomic mass is 16.6. The molecule has 0 aliphatic carbocycles. The number of nitro benzene ring substituents is 1. The molecule has 1 aromatic carbocycles. The zero-order valence-electron chi connectivity index (χ0n) is 9.78. The maximum absolute atomic E-state index is 10.7. The second-order valence-corrected chi connectivity index (χ2v) is 4.66. The van der Waals surface area contributed by atoms with E-state index in [0.29, 0.717) is 6.54 Å². The molecule has 0 aromatic heterocycles. The number of hydrogen-bond donors (Lipinski definition) is 2. The quantitative estimate of drug-likeness (QED) is 0.604.